The quantitative estimate of drug-likeness (QED) is 0.481. The maximum atomic E-state index is 9.83. The molecular formula is C13H28OSi. The molecule has 0 unspecified atom stereocenters. The van der Waals surface area contributed by atoms with Gasteiger partial charge in [0.05, 0.1) is 0 Å². The molecule has 0 spiro atoms. The molecule has 90 valence electrons. The third kappa shape index (κ3) is 8.88. The van der Waals surface area contributed by atoms with Crippen LogP contribution in [0.15, 0.2) is 11.3 Å². The second-order valence-electron chi connectivity index (χ2n) is 5.00. The van der Waals surface area contributed by atoms with Crippen LogP contribution in [0.3, 0.4) is 0 Å². The molecule has 0 aromatic carbocycles. The van der Waals surface area contributed by atoms with Crippen molar-refractivity contribution >= 4 is 8.32 Å². The first-order chi connectivity index (χ1) is 6.98. The Bertz CT molecular complexity index is 179. The smallest absolute Gasteiger partial charge is 0.209 e. The first-order valence-corrected chi connectivity index (χ1v) is 9.32. The average Bonchev–Trinajstić information content (AvgIpc) is 2.14. The number of rotatable bonds is 8. The predicted molar refractivity (Wildman–Crippen MR) is 71.5 cm³/mol. The van der Waals surface area contributed by atoms with E-state index in [4.69, 9.17) is 0 Å². The van der Waals surface area contributed by atoms with Gasteiger partial charge in [-0.15, -0.1) is 0 Å². The second-order valence-corrected chi connectivity index (χ2v) is 8.91. The fraction of sp³-hybridized carbons (Fsp3) is 0.846. The highest BCUT2D eigenvalue weighted by Gasteiger charge is 2.18. The van der Waals surface area contributed by atoms with Crippen LogP contribution in [0.1, 0.15) is 58.8 Å². The van der Waals surface area contributed by atoms with E-state index in [0.29, 0.717) is 0 Å². The lowest BCUT2D eigenvalue weighted by Crippen LogP contribution is -2.27. The van der Waals surface area contributed by atoms with E-state index in [1.807, 2.05) is 13.1 Å². The summed E-state index contributed by atoms with van der Waals surface area (Å²) in [4.78, 5) is 9.83. The van der Waals surface area contributed by atoms with Crippen LogP contribution < -0.4 is 0 Å². The van der Waals surface area contributed by atoms with Crippen molar-refractivity contribution in [1.29, 1.82) is 0 Å². The summed E-state index contributed by atoms with van der Waals surface area (Å²) in [7, 11) is -1.98. The summed E-state index contributed by atoms with van der Waals surface area (Å²) in [6.07, 6.45) is 11.5. The van der Waals surface area contributed by atoms with E-state index in [2.05, 4.69) is 19.9 Å². The lowest BCUT2D eigenvalue weighted by atomic mass is 10.1. The number of unbranched alkanes of at least 4 members (excludes halogenated alkanes) is 6. The van der Waals surface area contributed by atoms with Crippen molar-refractivity contribution in [2.45, 2.75) is 71.9 Å². The van der Waals surface area contributed by atoms with E-state index < -0.39 is 8.32 Å². The zero-order valence-corrected chi connectivity index (χ0v) is 12.0. The number of allylic oxidation sites excluding steroid dienone is 2. The summed E-state index contributed by atoms with van der Waals surface area (Å²) in [6.45, 7) is 8.30. The first-order valence-electron chi connectivity index (χ1n) is 6.38. The van der Waals surface area contributed by atoms with Crippen molar-refractivity contribution in [3.05, 3.63) is 11.3 Å². The predicted octanol–water partition coefficient (Wildman–Crippen LogP) is 4.42. The van der Waals surface area contributed by atoms with Crippen LogP contribution in [0, 0.1) is 0 Å². The van der Waals surface area contributed by atoms with Gasteiger partial charge in [0.15, 0.2) is 0 Å². The van der Waals surface area contributed by atoms with Crippen LogP contribution >= 0.6 is 0 Å². The molecule has 0 amide bonds. The number of hydrogen-bond donors (Lipinski definition) is 1. The Morgan fingerprint density at radius 3 is 2.13 bits per heavy atom. The highest BCUT2D eigenvalue weighted by molar-refractivity contribution is 6.77. The SMILES string of the molecule is CCCCCCCC/C=C(\C)[Si](C)(C)O. The minimum atomic E-state index is -1.98. The van der Waals surface area contributed by atoms with Crippen molar-refractivity contribution in [3.63, 3.8) is 0 Å². The summed E-state index contributed by atoms with van der Waals surface area (Å²) in [6, 6.07) is 0. The molecule has 1 N–H and O–H groups in total. The van der Waals surface area contributed by atoms with E-state index in [1.165, 1.54) is 43.7 Å². The van der Waals surface area contributed by atoms with Gasteiger partial charge in [-0.2, -0.15) is 0 Å². The van der Waals surface area contributed by atoms with Gasteiger partial charge in [-0.3, -0.25) is 0 Å². The fourth-order valence-electron chi connectivity index (χ4n) is 1.49. The Hall–Kier alpha value is -0.0831. The highest BCUT2D eigenvalue weighted by atomic mass is 28.4. The maximum Gasteiger partial charge on any atom is 0.209 e. The lowest BCUT2D eigenvalue weighted by Gasteiger charge is -2.14. The lowest BCUT2D eigenvalue weighted by molar-refractivity contribution is 0.561. The van der Waals surface area contributed by atoms with Crippen molar-refractivity contribution in [3.8, 4) is 0 Å². The molecule has 0 saturated heterocycles. The van der Waals surface area contributed by atoms with E-state index in [9.17, 15) is 4.80 Å². The van der Waals surface area contributed by atoms with Gasteiger partial charge in [0.25, 0.3) is 0 Å². The molecule has 1 nitrogen and oxygen atoms in total. The molecule has 2 heteroatoms. The van der Waals surface area contributed by atoms with Gasteiger partial charge in [0.1, 0.15) is 0 Å². The fourth-order valence-corrected chi connectivity index (χ4v) is 2.14. The van der Waals surface area contributed by atoms with Crippen LogP contribution in [-0.4, -0.2) is 13.1 Å². The standard InChI is InChI=1S/C13H28OSi/c1-5-6-7-8-9-10-11-12-13(2)15(3,4)14/h12,14H,5-11H2,1-4H3/b13-12+. The molecule has 0 aliphatic heterocycles. The molecule has 0 atom stereocenters. The second kappa shape index (κ2) is 8.11. The Morgan fingerprint density at radius 2 is 1.60 bits per heavy atom. The monoisotopic (exact) mass is 228 g/mol. The Balaban J connectivity index is 3.45. The molecule has 0 saturated carbocycles. The van der Waals surface area contributed by atoms with E-state index in [0.717, 1.165) is 6.42 Å². The van der Waals surface area contributed by atoms with E-state index in [-0.39, 0.29) is 0 Å². The minimum absolute atomic E-state index is 1.15. The summed E-state index contributed by atoms with van der Waals surface area (Å²) < 4.78 is 0. The molecule has 0 aromatic heterocycles. The van der Waals surface area contributed by atoms with Crippen molar-refractivity contribution < 1.29 is 4.80 Å². The van der Waals surface area contributed by atoms with Crippen LogP contribution in [0.4, 0.5) is 0 Å². The van der Waals surface area contributed by atoms with Gasteiger partial charge in [0, 0.05) is 0 Å². The number of hydrogen-bond acceptors (Lipinski definition) is 1. The van der Waals surface area contributed by atoms with Crippen molar-refractivity contribution in [1.82, 2.24) is 0 Å². The van der Waals surface area contributed by atoms with Gasteiger partial charge >= 0.3 is 0 Å². The summed E-state index contributed by atoms with van der Waals surface area (Å²) in [5, 5.41) is 1.23. The molecule has 0 fully saturated rings. The van der Waals surface area contributed by atoms with Gasteiger partial charge in [0.2, 0.25) is 8.32 Å². The molecule has 0 rings (SSSR count). The molecule has 0 aromatic rings. The average molecular weight is 228 g/mol. The Kier molecular flexibility index (Phi) is 8.07. The third-order valence-corrected chi connectivity index (χ3v) is 5.11. The van der Waals surface area contributed by atoms with Crippen molar-refractivity contribution in [2.24, 2.45) is 0 Å². The van der Waals surface area contributed by atoms with Crippen molar-refractivity contribution in [2.75, 3.05) is 0 Å². The van der Waals surface area contributed by atoms with Gasteiger partial charge < -0.3 is 4.80 Å². The highest BCUT2D eigenvalue weighted by Crippen LogP contribution is 2.13. The molecule has 0 radical (unpaired) electrons. The van der Waals surface area contributed by atoms with Gasteiger partial charge in [-0.25, -0.2) is 0 Å². The molecule has 15 heavy (non-hydrogen) atoms. The molecule has 0 bridgehead atoms. The van der Waals surface area contributed by atoms with E-state index in [1.54, 1.807) is 0 Å². The minimum Gasteiger partial charge on any atom is -0.428 e. The summed E-state index contributed by atoms with van der Waals surface area (Å²) >= 11 is 0. The van der Waals surface area contributed by atoms with Crippen LogP contribution in [-0.2, 0) is 0 Å². The van der Waals surface area contributed by atoms with Crippen LogP contribution in [0.2, 0.25) is 13.1 Å². The van der Waals surface area contributed by atoms with Gasteiger partial charge in [-0.1, -0.05) is 50.3 Å². The maximum absolute atomic E-state index is 9.83. The zero-order chi connectivity index (χ0) is 11.7. The summed E-state index contributed by atoms with van der Waals surface area (Å²) in [5.41, 5.74) is 0. The molecule has 0 heterocycles. The van der Waals surface area contributed by atoms with Gasteiger partial charge in [-0.05, 0) is 32.9 Å². The normalized spacial score (nSPS) is 13.3. The third-order valence-electron chi connectivity index (χ3n) is 2.97. The van der Waals surface area contributed by atoms with Crippen LogP contribution in [0.25, 0.3) is 0 Å². The Labute approximate surface area is 96.7 Å². The van der Waals surface area contributed by atoms with Crippen LogP contribution in [0.5, 0.6) is 0 Å². The molecule has 0 aliphatic rings. The van der Waals surface area contributed by atoms with E-state index >= 15 is 0 Å². The largest absolute Gasteiger partial charge is 0.428 e. The summed E-state index contributed by atoms with van der Waals surface area (Å²) in [5.74, 6) is 0. The molecular weight excluding hydrogens is 200 g/mol. The molecule has 0 aliphatic carbocycles. The Morgan fingerprint density at radius 1 is 1.07 bits per heavy atom. The zero-order valence-electron chi connectivity index (χ0n) is 11.0. The first kappa shape index (κ1) is 14.9. The topological polar surface area (TPSA) is 20.2 Å².